The van der Waals surface area contributed by atoms with Crippen LogP contribution in [0.1, 0.15) is 10.4 Å². The summed E-state index contributed by atoms with van der Waals surface area (Å²) in [6.45, 7) is -0.350. The number of carbonyl (C=O) groups is 2. The monoisotopic (exact) mass is 384 g/mol. The van der Waals surface area contributed by atoms with E-state index in [1.54, 1.807) is 0 Å². The molecule has 0 atom stereocenters. The highest BCUT2D eigenvalue weighted by Gasteiger charge is 2.17. The van der Waals surface area contributed by atoms with Crippen LogP contribution in [0.3, 0.4) is 0 Å². The Kier molecular flexibility index (Phi) is 5.47. The lowest BCUT2D eigenvalue weighted by atomic mass is 10.1. The van der Waals surface area contributed by atoms with Crippen molar-refractivity contribution in [1.29, 1.82) is 0 Å². The van der Waals surface area contributed by atoms with E-state index >= 15 is 0 Å². The molecule has 7 heteroatoms. The van der Waals surface area contributed by atoms with Gasteiger partial charge in [0.1, 0.15) is 0 Å². The largest absolute Gasteiger partial charge is 0.493 e. The number of fused-ring (bicyclic) bond motifs is 1. The van der Waals surface area contributed by atoms with Crippen LogP contribution in [0.4, 0.5) is 5.69 Å². The maximum Gasteiger partial charge on any atom is 0.255 e. The van der Waals surface area contributed by atoms with E-state index in [9.17, 15) is 9.59 Å². The molecule has 27 heavy (non-hydrogen) atoms. The van der Waals surface area contributed by atoms with E-state index < -0.39 is 5.91 Å². The summed E-state index contributed by atoms with van der Waals surface area (Å²) in [6, 6.07) is 16.3. The minimum Gasteiger partial charge on any atom is -0.493 e. The van der Waals surface area contributed by atoms with Crippen molar-refractivity contribution in [2.45, 2.75) is 0 Å². The molecule has 0 aliphatic rings. The zero-order chi connectivity index (χ0) is 19.4. The van der Waals surface area contributed by atoms with Crippen LogP contribution in [0, 0.1) is 0 Å². The number of carbonyl (C=O) groups excluding carboxylic acids is 2. The highest BCUT2D eigenvalue weighted by Crippen LogP contribution is 2.36. The number of hydrogen-bond donors (Lipinski definition) is 2. The van der Waals surface area contributed by atoms with E-state index in [0.29, 0.717) is 5.69 Å². The van der Waals surface area contributed by atoms with Crippen LogP contribution in [0.5, 0.6) is 11.5 Å². The number of rotatable bonds is 6. The van der Waals surface area contributed by atoms with Crippen molar-refractivity contribution in [2.24, 2.45) is 5.73 Å². The highest BCUT2D eigenvalue weighted by molar-refractivity contribution is 6.33. The molecule has 0 aliphatic heterocycles. The molecule has 0 aliphatic carbocycles. The second-order valence-corrected chi connectivity index (χ2v) is 6.13. The van der Waals surface area contributed by atoms with E-state index in [1.165, 1.54) is 19.2 Å². The summed E-state index contributed by atoms with van der Waals surface area (Å²) >= 11 is 6.20. The molecule has 3 rings (SSSR count). The number of ether oxygens (including phenoxy) is 2. The lowest BCUT2D eigenvalue weighted by molar-refractivity contribution is -0.119. The van der Waals surface area contributed by atoms with Gasteiger partial charge in [0, 0.05) is 16.6 Å². The van der Waals surface area contributed by atoms with Gasteiger partial charge in [0.05, 0.1) is 12.1 Å². The molecule has 0 bridgehead atoms. The summed E-state index contributed by atoms with van der Waals surface area (Å²) in [6.07, 6.45) is 0. The van der Waals surface area contributed by atoms with Crippen molar-refractivity contribution >= 4 is 39.9 Å². The average molecular weight is 385 g/mol. The Morgan fingerprint density at radius 2 is 1.85 bits per heavy atom. The van der Waals surface area contributed by atoms with Crippen molar-refractivity contribution < 1.29 is 19.1 Å². The number of methoxy groups -OCH3 is 1. The Balaban J connectivity index is 1.90. The van der Waals surface area contributed by atoms with E-state index in [4.69, 9.17) is 26.8 Å². The van der Waals surface area contributed by atoms with Crippen LogP contribution in [0.15, 0.2) is 54.6 Å². The molecule has 3 aromatic carbocycles. The first-order valence-electron chi connectivity index (χ1n) is 8.07. The number of benzene rings is 3. The summed E-state index contributed by atoms with van der Waals surface area (Å²) in [5, 5.41) is 4.96. The van der Waals surface area contributed by atoms with Gasteiger partial charge >= 0.3 is 0 Å². The molecule has 0 saturated heterocycles. The van der Waals surface area contributed by atoms with Crippen molar-refractivity contribution in [3.63, 3.8) is 0 Å². The van der Waals surface area contributed by atoms with Crippen LogP contribution < -0.4 is 20.5 Å². The number of primary amides is 1. The SMILES string of the molecule is COc1cc(C(=O)Nc2cccc3ccccc23)cc(Cl)c1OCC(N)=O. The second kappa shape index (κ2) is 7.97. The Morgan fingerprint density at radius 3 is 2.59 bits per heavy atom. The molecule has 0 unspecified atom stereocenters. The van der Waals surface area contributed by atoms with Crippen LogP contribution in [0.2, 0.25) is 5.02 Å². The smallest absolute Gasteiger partial charge is 0.255 e. The summed E-state index contributed by atoms with van der Waals surface area (Å²) in [5.41, 5.74) is 6.05. The number of amides is 2. The van der Waals surface area contributed by atoms with Crippen molar-refractivity contribution in [2.75, 3.05) is 19.0 Å². The molecular formula is C20H17ClN2O4. The van der Waals surface area contributed by atoms with Crippen LogP contribution in [0.25, 0.3) is 10.8 Å². The van der Waals surface area contributed by atoms with Gasteiger partial charge in [-0.3, -0.25) is 9.59 Å². The fraction of sp³-hybridized carbons (Fsp3) is 0.100. The predicted molar refractivity (Wildman–Crippen MR) is 105 cm³/mol. The first-order valence-corrected chi connectivity index (χ1v) is 8.45. The molecule has 0 radical (unpaired) electrons. The summed E-state index contributed by atoms with van der Waals surface area (Å²) in [5.74, 6) is -0.620. The second-order valence-electron chi connectivity index (χ2n) is 5.73. The molecule has 0 aromatic heterocycles. The molecule has 6 nitrogen and oxygen atoms in total. The number of nitrogens with two attached hydrogens (primary N) is 1. The van der Waals surface area contributed by atoms with Crippen LogP contribution >= 0.6 is 11.6 Å². The molecule has 3 N–H and O–H groups in total. The minimum absolute atomic E-state index is 0.138. The standard InChI is InChI=1S/C20H17ClN2O4/c1-26-17-10-13(9-15(21)19(17)27-11-18(22)24)20(25)23-16-8-4-6-12-5-2-3-7-14(12)16/h2-10H,11H2,1H3,(H2,22,24)(H,23,25). The van der Waals surface area contributed by atoms with Gasteiger partial charge < -0.3 is 20.5 Å². The Morgan fingerprint density at radius 1 is 1.11 bits per heavy atom. The zero-order valence-electron chi connectivity index (χ0n) is 14.5. The Bertz CT molecular complexity index is 1010. The van der Waals surface area contributed by atoms with Gasteiger partial charge in [-0.05, 0) is 23.6 Å². The number of hydrogen-bond acceptors (Lipinski definition) is 4. The topological polar surface area (TPSA) is 90.7 Å². The van der Waals surface area contributed by atoms with E-state index in [-0.39, 0.29) is 34.6 Å². The lowest BCUT2D eigenvalue weighted by Gasteiger charge is -2.14. The fourth-order valence-electron chi connectivity index (χ4n) is 2.66. The van der Waals surface area contributed by atoms with Gasteiger partial charge in [0.25, 0.3) is 11.8 Å². The molecule has 0 saturated carbocycles. The maximum atomic E-state index is 12.7. The van der Waals surface area contributed by atoms with Gasteiger partial charge in [0.2, 0.25) is 0 Å². The third kappa shape index (κ3) is 4.12. The molecule has 0 fully saturated rings. The highest BCUT2D eigenvalue weighted by atomic mass is 35.5. The van der Waals surface area contributed by atoms with Crippen molar-refractivity contribution in [1.82, 2.24) is 0 Å². The first-order chi connectivity index (χ1) is 13.0. The predicted octanol–water partition coefficient (Wildman–Crippen LogP) is 3.62. The van der Waals surface area contributed by atoms with Crippen molar-refractivity contribution in [3.8, 4) is 11.5 Å². The third-order valence-corrected chi connectivity index (χ3v) is 4.17. The molecule has 3 aromatic rings. The molecule has 138 valence electrons. The number of nitrogens with one attached hydrogen (secondary N) is 1. The third-order valence-electron chi connectivity index (χ3n) is 3.89. The molecular weight excluding hydrogens is 368 g/mol. The number of halogens is 1. The van der Waals surface area contributed by atoms with Crippen molar-refractivity contribution in [3.05, 3.63) is 65.2 Å². The van der Waals surface area contributed by atoms with Crippen LogP contribution in [-0.2, 0) is 4.79 Å². The maximum absolute atomic E-state index is 12.7. The summed E-state index contributed by atoms with van der Waals surface area (Å²) in [7, 11) is 1.41. The van der Waals surface area contributed by atoms with E-state index in [2.05, 4.69) is 5.32 Å². The minimum atomic E-state index is -0.647. The molecule has 2 amide bonds. The zero-order valence-corrected chi connectivity index (χ0v) is 15.2. The van der Waals surface area contributed by atoms with Gasteiger partial charge in [0.15, 0.2) is 18.1 Å². The van der Waals surface area contributed by atoms with E-state index in [1.807, 2.05) is 42.5 Å². The fourth-order valence-corrected chi connectivity index (χ4v) is 2.93. The van der Waals surface area contributed by atoms with Gasteiger partial charge in [-0.25, -0.2) is 0 Å². The summed E-state index contributed by atoms with van der Waals surface area (Å²) in [4.78, 5) is 23.6. The Hall–Kier alpha value is -3.25. The first kappa shape index (κ1) is 18.5. The summed E-state index contributed by atoms with van der Waals surface area (Å²) < 4.78 is 10.5. The lowest BCUT2D eigenvalue weighted by Crippen LogP contribution is -2.20. The van der Waals surface area contributed by atoms with Gasteiger partial charge in [-0.1, -0.05) is 48.0 Å². The molecule has 0 heterocycles. The Labute approximate surface area is 160 Å². The molecule has 0 spiro atoms. The normalized spacial score (nSPS) is 10.4. The van der Waals surface area contributed by atoms with E-state index in [0.717, 1.165) is 10.8 Å². The van der Waals surface area contributed by atoms with Gasteiger partial charge in [-0.15, -0.1) is 0 Å². The quantitative estimate of drug-likeness (QED) is 0.679. The average Bonchev–Trinajstić information content (AvgIpc) is 2.66. The van der Waals surface area contributed by atoms with Crippen LogP contribution in [-0.4, -0.2) is 25.5 Å². The van der Waals surface area contributed by atoms with Gasteiger partial charge in [-0.2, -0.15) is 0 Å². The number of anilines is 1.